The van der Waals surface area contributed by atoms with Gasteiger partial charge in [-0.25, -0.2) is 9.97 Å². The molecule has 2 heterocycles. The number of nitrogens with two attached hydrogens (primary N) is 1. The van der Waals surface area contributed by atoms with E-state index in [1.807, 2.05) is 24.3 Å². The Kier molecular flexibility index (Phi) is 5.30. The SMILES string of the molecule is C1CCCCC1.Nc1ncc(Cl)c(C2C(=O)Nc3ccccc32)n1. The fraction of sp³-hybridized carbons (Fsp3) is 0.389. The van der Waals surface area contributed by atoms with Crippen LogP contribution in [0.3, 0.4) is 0 Å². The third kappa shape index (κ3) is 3.67. The smallest absolute Gasteiger partial charge is 0.238 e. The average Bonchev–Trinajstić information content (AvgIpc) is 2.95. The number of para-hydroxylation sites is 1. The summed E-state index contributed by atoms with van der Waals surface area (Å²) in [6, 6.07) is 7.43. The highest BCUT2D eigenvalue weighted by Gasteiger charge is 2.34. The van der Waals surface area contributed by atoms with Crippen molar-refractivity contribution >= 4 is 29.1 Å². The van der Waals surface area contributed by atoms with Gasteiger partial charge in [-0.15, -0.1) is 0 Å². The van der Waals surface area contributed by atoms with Gasteiger partial charge in [-0.05, 0) is 11.6 Å². The van der Waals surface area contributed by atoms with Crippen LogP contribution in [0.2, 0.25) is 5.02 Å². The molecule has 4 rings (SSSR count). The number of hydrogen-bond acceptors (Lipinski definition) is 4. The zero-order valence-corrected chi connectivity index (χ0v) is 14.2. The molecule has 0 radical (unpaired) electrons. The standard InChI is InChI=1S/C12H9ClN4O.C6H12/c13-7-5-15-12(14)17-10(7)9-6-3-1-2-4-8(6)16-11(9)18;1-2-4-6-5-3-1/h1-5,9H,(H,16,18)(H2,14,15,17);1-6H2. The van der Waals surface area contributed by atoms with Crippen LogP contribution in [0, 0.1) is 0 Å². The highest BCUT2D eigenvalue weighted by atomic mass is 35.5. The molecule has 0 bridgehead atoms. The minimum absolute atomic E-state index is 0.103. The Balaban J connectivity index is 0.000000238. The van der Waals surface area contributed by atoms with E-state index in [9.17, 15) is 4.79 Å². The molecule has 1 atom stereocenters. The lowest BCUT2D eigenvalue weighted by Gasteiger charge is -2.10. The van der Waals surface area contributed by atoms with Crippen molar-refractivity contribution in [2.24, 2.45) is 0 Å². The molecule has 3 N–H and O–H groups in total. The lowest BCUT2D eigenvalue weighted by Crippen LogP contribution is -2.16. The van der Waals surface area contributed by atoms with Crippen molar-refractivity contribution in [2.45, 2.75) is 44.4 Å². The van der Waals surface area contributed by atoms with Crippen LogP contribution in [0.5, 0.6) is 0 Å². The summed E-state index contributed by atoms with van der Waals surface area (Å²) in [5.41, 5.74) is 7.61. The minimum atomic E-state index is -0.529. The topological polar surface area (TPSA) is 80.9 Å². The van der Waals surface area contributed by atoms with Crippen LogP contribution >= 0.6 is 11.6 Å². The number of nitrogens with one attached hydrogen (secondary N) is 1. The molecule has 6 heteroatoms. The molecule has 1 aromatic heterocycles. The molecule has 1 unspecified atom stereocenters. The van der Waals surface area contributed by atoms with Gasteiger partial charge in [0.15, 0.2) is 0 Å². The lowest BCUT2D eigenvalue weighted by atomic mass is 9.97. The van der Waals surface area contributed by atoms with Crippen molar-refractivity contribution < 1.29 is 4.79 Å². The summed E-state index contributed by atoms with van der Waals surface area (Å²) in [5, 5.41) is 3.13. The van der Waals surface area contributed by atoms with Crippen LogP contribution in [0.25, 0.3) is 0 Å². The Morgan fingerprint density at radius 2 is 1.71 bits per heavy atom. The summed E-state index contributed by atoms with van der Waals surface area (Å²) in [5.74, 6) is -0.582. The molecule has 24 heavy (non-hydrogen) atoms. The first-order chi connectivity index (χ1) is 11.7. The summed E-state index contributed by atoms with van der Waals surface area (Å²) in [6.45, 7) is 0. The molecule has 2 aliphatic rings. The van der Waals surface area contributed by atoms with E-state index in [1.54, 1.807) is 0 Å². The maximum atomic E-state index is 12.0. The lowest BCUT2D eigenvalue weighted by molar-refractivity contribution is -0.116. The normalized spacial score (nSPS) is 19.0. The third-order valence-electron chi connectivity index (χ3n) is 4.36. The van der Waals surface area contributed by atoms with Gasteiger partial charge in [0.25, 0.3) is 0 Å². The monoisotopic (exact) mass is 344 g/mol. The van der Waals surface area contributed by atoms with Gasteiger partial charge in [0.1, 0.15) is 5.92 Å². The van der Waals surface area contributed by atoms with Gasteiger partial charge < -0.3 is 11.1 Å². The van der Waals surface area contributed by atoms with Gasteiger partial charge in [0.2, 0.25) is 11.9 Å². The molecule has 126 valence electrons. The molecular formula is C18H21ClN4O. The van der Waals surface area contributed by atoms with Crippen molar-refractivity contribution in [1.29, 1.82) is 0 Å². The second-order valence-corrected chi connectivity index (χ2v) is 6.50. The number of fused-ring (bicyclic) bond motifs is 1. The quantitative estimate of drug-likeness (QED) is 0.814. The van der Waals surface area contributed by atoms with Gasteiger partial charge in [0, 0.05) is 5.69 Å². The maximum absolute atomic E-state index is 12.0. The Morgan fingerprint density at radius 1 is 1.08 bits per heavy atom. The maximum Gasteiger partial charge on any atom is 0.238 e. The summed E-state index contributed by atoms with van der Waals surface area (Å²) in [6.07, 6.45) is 10.4. The summed E-state index contributed by atoms with van der Waals surface area (Å²) >= 11 is 6.05. The third-order valence-corrected chi connectivity index (χ3v) is 4.65. The predicted molar refractivity (Wildman–Crippen MR) is 96.1 cm³/mol. The zero-order valence-electron chi connectivity index (χ0n) is 13.5. The number of amides is 1. The molecular weight excluding hydrogens is 324 g/mol. The van der Waals surface area contributed by atoms with Crippen LogP contribution in [0.1, 0.15) is 55.7 Å². The van der Waals surface area contributed by atoms with Gasteiger partial charge >= 0.3 is 0 Å². The molecule has 1 saturated carbocycles. The van der Waals surface area contributed by atoms with Gasteiger partial charge in [0.05, 0.1) is 16.9 Å². The Bertz CT molecular complexity index is 719. The van der Waals surface area contributed by atoms with Crippen molar-refractivity contribution in [2.75, 3.05) is 11.1 Å². The Morgan fingerprint density at radius 3 is 2.38 bits per heavy atom. The fourth-order valence-electron chi connectivity index (χ4n) is 3.14. The van der Waals surface area contributed by atoms with E-state index in [-0.39, 0.29) is 11.9 Å². The molecule has 1 aliphatic carbocycles. The molecule has 1 aromatic carbocycles. The molecule has 1 amide bonds. The molecule has 0 saturated heterocycles. The number of nitrogen functional groups attached to an aromatic ring is 1. The van der Waals surface area contributed by atoms with Crippen molar-refractivity contribution in [1.82, 2.24) is 9.97 Å². The number of carbonyl (C=O) groups excluding carboxylic acids is 1. The van der Waals surface area contributed by atoms with Crippen molar-refractivity contribution in [3.8, 4) is 0 Å². The highest BCUT2D eigenvalue weighted by Crippen LogP contribution is 2.38. The highest BCUT2D eigenvalue weighted by molar-refractivity contribution is 6.31. The average molecular weight is 345 g/mol. The van der Waals surface area contributed by atoms with Crippen LogP contribution < -0.4 is 11.1 Å². The second kappa shape index (κ2) is 7.62. The van der Waals surface area contributed by atoms with E-state index >= 15 is 0 Å². The Hall–Kier alpha value is -2.14. The van der Waals surface area contributed by atoms with Gasteiger partial charge in [-0.3, -0.25) is 4.79 Å². The van der Waals surface area contributed by atoms with E-state index in [2.05, 4.69) is 15.3 Å². The largest absolute Gasteiger partial charge is 0.368 e. The van der Waals surface area contributed by atoms with E-state index < -0.39 is 5.92 Å². The number of benzene rings is 1. The molecule has 1 fully saturated rings. The van der Waals surface area contributed by atoms with E-state index in [0.717, 1.165) is 11.3 Å². The van der Waals surface area contributed by atoms with E-state index in [1.165, 1.54) is 44.7 Å². The first-order valence-corrected chi connectivity index (χ1v) is 8.72. The number of halogens is 1. The molecule has 1 aliphatic heterocycles. The van der Waals surface area contributed by atoms with Crippen LogP contribution in [-0.4, -0.2) is 15.9 Å². The van der Waals surface area contributed by atoms with Crippen LogP contribution in [0.15, 0.2) is 30.5 Å². The van der Waals surface area contributed by atoms with E-state index in [0.29, 0.717) is 10.7 Å². The van der Waals surface area contributed by atoms with Crippen LogP contribution in [-0.2, 0) is 4.79 Å². The fourth-order valence-corrected chi connectivity index (χ4v) is 3.34. The zero-order chi connectivity index (χ0) is 16.9. The van der Waals surface area contributed by atoms with Crippen molar-refractivity contribution in [3.63, 3.8) is 0 Å². The van der Waals surface area contributed by atoms with Crippen molar-refractivity contribution in [3.05, 3.63) is 46.7 Å². The summed E-state index contributed by atoms with van der Waals surface area (Å²) in [4.78, 5) is 19.9. The Labute approximate surface area is 146 Å². The number of hydrogen-bond donors (Lipinski definition) is 2. The van der Waals surface area contributed by atoms with Gasteiger partial charge in [-0.1, -0.05) is 68.3 Å². The number of anilines is 2. The molecule has 0 spiro atoms. The molecule has 2 aromatic rings. The number of rotatable bonds is 1. The molecule has 5 nitrogen and oxygen atoms in total. The second-order valence-electron chi connectivity index (χ2n) is 6.09. The number of carbonyl (C=O) groups is 1. The first kappa shape index (κ1) is 16.7. The van der Waals surface area contributed by atoms with E-state index in [4.69, 9.17) is 17.3 Å². The summed E-state index contributed by atoms with van der Waals surface area (Å²) in [7, 11) is 0. The number of aromatic nitrogens is 2. The van der Waals surface area contributed by atoms with Gasteiger partial charge in [-0.2, -0.15) is 0 Å². The first-order valence-electron chi connectivity index (χ1n) is 8.34. The predicted octanol–water partition coefficient (Wildman–Crippen LogP) is 4.14. The van der Waals surface area contributed by atoms with Crippen LogP contribution in [0.4, 0.5) is 11.6 Å². The summed E-state index contributed by atoms with van der Waals surface area (Å²) < 4.78 is 0. The number of nitrogens with zero attached hydrogens (tertiary/aromatic N) is 2. The minimum Gasteiger partial charge on any atom is -0.368 e.